The summed E-state index contributed by atoms with van der Waals surface area (Å²) < 4.78 is 27.2. The fourth-order valence-electron chi connectivity index (χ4n) is 3.44. The molecule has 0 spiro atoms. The first-order valence-corrected chi connectivity index (χ1v) is 11.4. The Kier molecular flexibility index (Phi) is 6.18. The monoisotopic (exact) mass is 417 g/mol. The molecule has 1 aliphatic rings. The van der Waals surface area contributed by atoms with E-state index in [1.165, 1.54) is 26.9 Å². The molecule has 1 aromatic heterocycles. The number of benzene rings is 1. The number of nitrogens with zero attached hydrogens (tertiary/aromatic N) is 3. The minimum absolute atomic E-state index is 0.0348. The van der Waals surface area contributed by atoms with Gasteiger partial charge < -0.3 is 4.90 Å². The van der Waals surface area contributed by atoms with E-state index in [-0.39, 0.29) is 35.4 Å². The van der Waals surface area contributed by atoms with Crippen LogP contribution < -0.4 is 0 Å². The van der Waals surface area contributed by atoms with Gasteiger partial charge in [0, 0.05) is 30.9 Å². The zero-order chi connectivity index (χ0) is 20.3. The van der Waals surface area contributed by atoms with Crippen molar-refractivity contribution in [3.8, 4) is 6.07 Å². The summed E-state index contributed by atoms with van der Waals surface area (Å²) in [5, 5.41) is 11.2. The second-order valence-corrected chi connectivity index (χ2v) is 9.91. The highest BCUT2D eigenvalue weighted by atomic mass is 32.2. The van der Waals surface area contributed by atoms with Gasteiger partial charge in [-0.15, -0.1) is 11.3 Å². The standard InChI is InChI=1S/C20H23N3O3S2/c1-15-9-12-27-18(15)14-22(2)20(24)16-7-10-23(11-8-16)28(25,26)19-6-4-3-5-17(19)13-21/h3-6,9,12,16H,7-8,10-11,14H2,1-2H3. The molecular weight excluding hydrogens is 394 g/mol. The Morgan fingerprint density at radius 2 is 1.96 bits per heavy atom. The highest BCUT2D eigenvalue weighted by molar-refractivity contribution is 7.89. The molecule has 1 aliphatic heterocycles. The number of nitriles is 1. The molecule has 1 fully saturated rings. The van der Waals surface area contributed by atoms with E-state index in [0.717, 1.165) is 0 Å². The number of hydrogen-bond acceptors (Lipinski definition) is 5. The predicted octanol–water partition coefficient (Wildman–Crippen LogP) is 2.99. The number of sulfonamides is 1. The molecule has 1 amide bonds. The molecule has 28 heavy (non-hydrogen) atoms. The minimum Gasteiger partial charge on any atom is -0.340 e. The normalized spacial score (nSPS) is 15.9. The van der Waals surface area contributed by atoms with Gasteiger partial charge in [0.25, 0.3) is 0 Å². The van der Waals surface area contributed by atoms with Gasteiger partial charge in [0.2, 0.25) is 15.9 Å². The van der Waals surface area contributed by atoms with Gasteiger partial charge in [-0.05, 0) is 48.9 Å². The number of carbonyl (C=O) groups is 1. The van der Waals surface area contributed by atoms with Crippen molar-refractivity contribution in [1.29, 1.82) is 5.26 Å². The Hall–Kier alpha value is -2.21. The third-order valence-corrected chi connectivity index (χ3v) is 8.12. The lowest BCUT2D eigenvalue weighted by molar-refractivity contribution is -0.135. The van der Waals surface area contributed by atoms with Crippen molar-refractivity contribution in [3.63, 3.8) is 0 Å². The van der Waals surface area contributed by atoms with Crippen LogP contribution in [0.15, 0.2) is 40.6 Å². The smallest absolute Gasteiger partial charge is 0.244 e. The zero-order valence-corrected chi connectivity index (χ0v) is 17.6. The summed E-state index contributed by atoms with van der Waals surface area (Å²) in [6, 6.07) is 10.2. The Morgan fingerprint density at radius 3 is 2.57 bits per heavy atom. The van der Waals surface area contributed by atoms with Crippen molar-refractivity contribution in [3.05, 3.63) is 51.7 Å². The van der Waals surface area contributed by atoms with Gasteiger partial charge in [-0.3, -0.25) is 4.79 Å². The number of thiophene rings is 1. The summed E-state index contributed by atoms with van der Waals surface area (Å²) in [5.74, 6) is -0.120. The quantitative estimate of drug-likeness (QED) is 0.749. The summed E-state index contributed by atoms with van der Waals surface area (Å²) in [4.78, 5) is 15.7. The molecule has 0 unspecified atom stereocenters. The topological polar surface area (TPSA) is 81.5 Å². The van der Waals surface area contributed by atoms with Crippen LogP contribution in [-0.4, -0.2) is 43.7 Å². The SMILES string of the molecule is Cc1ccsc1CN(C)C(=O)C1CCN(S(=O)(=O)c2ccccc2C#N)CC1. The Bertz CT molecular complexity index is 1000. The van der Waals surface area contributed by atoms with Crippen LogP contribution in [0.3, 0.4) is 0 Å². The molecule has 8 heteroatoms. The summed E-state index contributed by atoms with van der Waals surface area (Å²) >= 11 is 1.64. The lowest BCUT2D eigenvalue weighted by atomic mass is 9.96. The van der Waals surface area contributed by atoms with E-state index in [1.807, 2.05) is 24.4 Å². The van der Waals surface area contributed by atoms with Gasteiger partial charge in [0.05, 0.1) is 17.0 Å². The number of piperidine rings is 1. The molecule has 0 bridgehead atoms. The van der Waals surface area contributed by atoms with E-state index in [4.69, 9.17) is 0 Å². The average molecular weight is 418 g/mol. The summed E-state index contributed by atoms with van der Waals surface area (Å²) in [5.41, 5.74) is 1.33. The number of amides is 1. The molecule has 6 nitrogen and oxygen atoms in total. The van der Waals surface area contributed by atoms with Crippen molar-refractivity contribution in [2.24, 2.45) is 5.92 Å². The molecule has 1 saturated heterocycles. The largest absolute Gasteiger partial charge is 0.340 e. The molecule has 1 aromatic carbocycles. The van der Waals surface area contributed by atoms with E-state index in [2.05, 4.69) is 0 Å². The van der Waals surface area contributed by atoms with Crippen LogP contribution in [0.4, 0.5) is 0 Å². The Balaban J connectivity index is 1.64. The van der Waals surface area contributed by atoms with Gasteiger partial charge in [-0.25, -0.2) is 8.42 Å². The van der Waals surface area contributed by atoms with Gasteiger partial charge in [0.1, 0.15) is 6.07 Å². The van der Waals surface area contributed by atoms with Crippen LogP contribution in [0.1, 0.15) is 28.8 Å². The van der Waals surface area contributed by atoms with Crippen molar-refractivity contribution in [2.75, 3.05) is 20.1 Å². The van der Waals surface area contributed by atoms with E-state index in [0.29, 0.717) is 19.4 Å². The van der Waals surface area contributed by atoms with E-state index < -0.39 is 10.0 Å². The highest BCUT2D eigenvalue weighted by Gasteiger charge is 2.34. The Labute approximate surface area is 170 Å². The minimum atomic E-state index is -3.73. The maximum absolute atomic E-state index is 12.9. The van der Waals surface area contributed by atoms with Gasteiger partial charge in [-0.1, -0.05) is 12.1 Å². The second kappa shape index (κ2) is 8.43. The maximum atomic E-state index is 12.9. The molecule has 148 valence electrons. The number of carbonyl (C=O) groups excluding carboxylic acids is 1. The molecular formula is C20H23N3O3S2. The van der Waals surface area contributed by atoms with E-state index in [9.17, 15) is 18.5 Å². The summed E-state index contributed by atoms with van der Waals surface area (Å²) in [7, 11) is -1.93. The van der Waals surface area contributed by atoms with Crippen molar-refractivity contribution < 1.29 is 13.2 Å². The van der Waals surface area contributed by atoms with Crippen molar-refractivity contribution >= 4 is 27.3 Å². The van der Waals surface area contributed by atoms with Crippen molar-refractivity contribution in [2.45, 2.75) is 31.2 Å². The fourth-order valence-corrected chi connectivity index (χ4v) is 6.01. The molecule has 0 N–H and O–H groups in total. The van der Waals surface area contributed by atoms with Crippen LogP contribution in [0.2, 0.25) is 0 Å². The summed E-state index contributed by atoms with van der Waals surface area (Å²) in [6.45, 7) is 3.18. The van der Waals surface area contributed by atoms with Crippen molar-refractivity contribution in [1.82, 2.24) is 9.21 Å². The van der Waals surface area contributed by atoms with Crippen LogP contribution in [0, 0.1) is 24.2 Å². The second-order valence-electron chi connectivity index (χ2n) is 7.01. The van der Waals surface area contributed by atoms with Gasteiger partial charge in [-0.2, -0.15) is 9.57 Å². The van der Waals surface area contributed by atoms with E-state index >= 15 is 0 Å². The first-order valence-electron chi connectivity index (χ1n) is 9.12. The first kappa shape index (κ1) is 20.5. The Morgan fingerprint density at radius 1 is 1.29 bits per heavy atom. The fraction of sp³-hybridized carbons (Fsp3) is 0.400. The molecule has 2 aromatic rings. The lowest BCUT2D eigenvalue weighted by Crippen LogP contribution is -2.43. The molecule has 2 heterocycles. The summed E-state index contributed by atoms with van der Waals surface area (Å²) in [6.07, 6.45) is 0.973. The zero-order valence-electron chi connectivity index (χ0n) is 16.0. The molecule has 0 saturated carbocycles. The van der Waals surface area contributed by atoms with Crippen LogP contribution in [0.25, 0.3) is 0 Å². The van der Waals surface area contributed by atoms with E-state index in [1.54, 1.807) is 35.4 Å². The van der Waals surface area contributed by atoms with Crippen LogP contribution >= 0.6 is 11.3 Å². The first-order chi connectivity index (χ1) is 13.3. The highest BCUT2D eigenvalue weighted by Crippen LogP contribution is 2.27. The number of hydrogen-bond donors (Lipinski definition) is 0. The van der Waals surface area contributed by atoms with Crippen LogP contribution in [0.5, 0.6) is 0 Å². The lowest BCUT2D eigenvalue weighted by Gasteiger charge is -2.32. The van der Waals surface area contributed by atoms with Gasteiger partial charge in [0.15, 0.2) is 0 Å². The predicted molar refractivity (Wildman–Crippen MR) is 108 cm³/mol. The molecule has 0 radical (unpaired) electrons. The number of rotatable bonds is 5. The third-order valence-electron chi connectivity index (χ3n) is 5.15. The third kappa shape index (κ3) is 4.12. The average Bonchev–Trinajstić information content (AvgIpc) is 3.11. The number of aryl methyl sites for hydroxylation is 1. The van der Waals surface area contributed by atoms with Gasteiger partial charge >= 0.3 is 0 Å². The van der Waals surface area contributed by atoms with Crippen LogP contribution in [-0.2, 0) is 21.4 Å². The maximum Gasteiger partial charge on any atom is 0.244 e. The molecule has 0 atom stereocenters. The molecule has 3 rings (SSSR count). The molecule has 0 aliphatic carbocycles.